The van der Waals surface area contributed by atoms with Gasteiger partial charge in [0.15, 0.2) is 0 Å². The summed E-state index contributed by atoms with van der Waals surface area (Å²) in [4.78, 5) is 14.4. The summed E-state index contributed by atoms with van der Waals surface area (Å²) in [7, 11) is 1.59. The van der Waals surface area contributed by atoms with E-state index in [1.54, 1.807) is 13.2 Å². The van der Waals surface area contributed by atoms with Crippen molar-refractivity contribution in [2.24, 2.45) is 0 Å². The summed E-state index contributed by atoms with van der Waals surface area (Å²) in [6, 6.07) is 1.53. The molecule has 1 heterocycles. The second-order valence-electron chi connectivity index (χ2n) is 3.17. The average molecular weight is 296 g/mol. The SMILES string of the molecule is COC[C@@H](C)NC(=O)c1cc(Cl)c(Br)[nH]1. The molecule has 1 aromatic heterocycles. The lowest BCUT2D eigenvalue weighted by atomic mass is 10.3. The zero-order valence-corrected chi connectivity index (χ0v) is 10.8. The first-order chi connectivity index (χ1) is 7.04. The van der Waals surface area contributed by atoms with E-state index < -0.39 is 0 Å². The zero-order valence-electron chi connectivity index (χ0n) is 8.43. The molecule has 0 radical (unpaired) electrons. The number of halogens is 2. The number of carbonyl (C=O) groups is 1. The third-order valence-corrected chi connectivity index (χ3v) is 2.92. The molecule has 2 N–H and O–H groups in total. The highest BCUT2D eigenvalue weighted by atomic mass is 79.9. The molecule has 1 amide bonds. The van der Waals surface area contributed by atoms with Crippen molar-refractivity contribution in [2.75, 3.05) is 13.7 Å². The maximum Gasteiger partial charge on any atom is 0.268 e. The monoisotopic (exact) mass is 294 g/mol. The fraction of sp³-hybridized carbons (Fsp3) is 0.444. The van der Waals surface area contributed by atoms with Crippen LogP contribution in [0.4, 0.5) is 0 Å². The van der Waals surface area contributed by atoms with Crippen LogP contribution in [-0.4, -0.2) is 30.6 Å². The number of H-pyrrole nitrogens is 1. The van der Waals surface area contributed by atoms with Crippen LogP contribution in [0.15, 0.2) is 10.7 Å². The lowest BCUT2D eigenvalue weighted by Gasteiger charge is -2.11. The Balaban J connectivity index is 2.61. The van der Waals surface area contributed by atoms with Gasteiger partial charge in [-0.25, -0.2) is 0 Å². The van der Waals surface area contributed by atoms with E-state index in [1.807, 2.05) is 6.92 Å². The van der Waals surface area contributed by atoms with Gasteiger partial charge in [0, 0.05) is 13.2 Å². The number of amides is 1. The molecule has 6 heteroatoms. The highest BCUT2D eigenvalue weighted by Crippen LogP contribution is 2.22. The summed E-state index contributed by atoms with van der Waals surface area (Å²) < 4.78 is 5.51. The molecule has 0 aromatic carbocycles. The molecular weight excluding hydrogens is 283 g/mol. The number of hydrogen-bond donors (Lipinski definition) is 2. The minimum atomic E-state index is -0.202. The third-order valence-electron chi connectivity index (χ3n) is 1.76. The summed E-state index contributed by atoms with van der Waals surface area (Å²) in [5.41, 5.74) is 0.426. The average Bonchev–Trinajstić information content (AvgIpc) is 2.47. The number of aromatic amines is 1. The molecule has 1 rings (SSSR count). The van der Waals surface area contributed by atoms with E-state index in [0.717, 1.165) is 0 Å². The molecule has 0 bridgehead atoms. The summed E-state index contributed by atoms with van der Waals surface area (Å²) in [5, 5.41) is 3.25. The van der Waals surface area contributed by atoms with E-state index in [1.165, 1.54) is 0 Å². The van der Waals surface area contributed by atoms with Crippen molar-refractivity contribution in [1.82, 2.24) is 10.3 Å². The van der Waals surface area contributed by atoms with E-state index in [4.69, 9.17) is 16.3 Å². The van der Waals surface area contributed by atoms with Crippen molar-refractivity contribution < 1.29 is 9.53 Å². The molecular formula is C9H12BrClN2O2. The van der Waals surface area contributed by atoms with E-state index >= 15 is 0 Å². The van der Waals surface area contributed by atoms with Crippen LogP contribution in [0, 0.1) is 0 Å². The standard InChI is InChI=1S/C9H12BrClN2O2/c1-5(4-15-2)12-9(14)7-3-6(11)8(10)13-7/h3,5,13H,4H2,1-2H3,(H,12,14)/t5-/m1/s1. The van der Waals surface area contributed by atoms with Gasteiger partial charge in [-0.3, -0.25) is 4.79 Å². The minimum Gasteiger partial charge on any atom is -0.383 e. The molecule has 0 aliphatic carbocycles. The fourth-order valence-electron chi connectivity index (χ4n) is 1.12. The second kappa shape index (κ2) is 5.53. The molecule has 1 atom stereocenters. The molecule has 15 heavy (non-hydrogen) atoms. The van der Waals surface area contributed by atoms with Crippen LogP contribution < -0.4 is 5.32 Å². The van der Waals surface area contributed by atoms with Crippen LogP contribution in [0.25, 0.3) is 0 Å². The van der Waals surface area contributed by atoms with Crippen LogP contribution >= 0.6 is 27.5 Å². The Labute approximate surface area is 101 Å². The number of ether oxygens (including phenoxy) is 1. The summed E-state index contributed by atoms with van der Waals surface area (Å²) in [6.45, 7) is 2.34. The van der Waals surface area contributed by atoms with E-state index in [0.29, 0.717) is 21.9 Å². The van der Waals surface area contributed by atoms with Gasteiger partial charge in [-0.1, -0.05) is 11.6 Å². The summed E-state index contributed by atoms with van der Waals surface area (Å²) >= 11 is 8.98. The highest BCUT2D eigenvalue weighted by molar-refractivity contribution is 9.10. The first-order valence-electron chi connectivity index (χ1n) is 4.38. The molecule has 84 valence electrons. The van der Waals surface area contributed by atoms with Crippen molar-refractivity contribution >= 4 is 33.4 Å². The van der Waals surface area contributed by atoms with Gasteiger partial charge in [0.2, 0.25) is 0 Å². The number of aromatic nitrogens is 1. The highest BCUT2D eigenvalue weighted by Gasteiger charge is 2.13. The predicted octanol–water partition coefficient (Wildman–Crippen LogP) is 2.20. The first kappa shape index (κ1) is 12.5. The van der Waals surface area contributed by atoms with Crippen molar-refractivity contribution in [3.63, 3.8) is 0 Å². The zero-order chi connectivity index (χ0) is 11.4. The van der Waals surface area contributed by atoms with E-state index in [9.17, 15) is 4.79 Å². The van der Waals surface area contributed by atoms with Gasteiger partial charge in [-0.2, -0.15) is 0 Å². The Morgan fingerprint density at radius 1 is 1.80 bits per heavy atom. The number of nitrogens with one attached hydrogen (secondary N) is 2. The van der Waals surface area contributed by atoms with Crippen molar-refractivity contribution in [1.29, 1.82) is 0 Å². The lowest BCUT2D eigenvalue weighted by Crippen LogP contribution is -2.35. The Morgan fingerprint density at radius 2 is 2.47 bits per heavy atom. The maximum absolute atomic E-state index is 11.6. The predicted molar refractivity (Wildman–Crippen MR) is 62.3 cm³/mol. The van der Waals surface area contributed by atoms with Crippen LogP contribution in [0.1, 0.15) is 17.4 Å². The normalized spacial score (nSPS) is 12.5. The smallest absolute Gasteiger partial charge is 0.268 e. The largest absolute Gasteiger partial charge is 0.383 e. The molecule has 0 aliphatic rings. The van der Waals surface area contributed by atoms with E-state index in [-0.39, 0.29) is 11.9 Å². The Bertz CT molecular complexity index is 334. The van der Waals surface area contributed by atoms with Gasteiger partial charge >= 0.3 is 0 Å². The maximum atomic E-state index is 11.6. The first-order valence-corrected chi connectivity index (χ1v) is 5.55. The molecule has 0 aliphatic heterocycles. The van der Waals surface area contributed by atoms with Crippen molar-refractivity contribution in [2.45, 2.75) is 13.0 Å². The van der Waals surface area contributed by atoms with Crippen LogP contribution in [-0.2, 0) is 4.74 Å². The number of hydrogen-bond acceptors (Lipinski definition) is 2. The second-order valence-corrected chi connectivity index (χ2v) is 4.37. The van der Waals surface area contributed by atoms with Crippen LogP contribution in [0.3, 0.4) is 0 Å². The Hall–Kier alpha value is -0.520. The number of rotatable bonds is 4. The topological polar surface area (TPSA) is 54.1 Å². The van der Waals surface area contributed by atoms with Gasteiger partial charge in [0.25, 0.3) is 5.91 Å². The fourth-order valence-corrected chi connectivity index (χ4v) is 1.60. The number of methoxy groups -OCH3 is 1. The molecule has 0 saturated heterocycles. The van der Waals surface area contributed by atoms with Gasteiger partial charge in [-0.15, -0.1) is 0 Å². The van der Waals surface area contributed by atoms with Gasteiger partial charge in [0.05, 0.1) is 11.6 Å². The molecule has 0 spiro atoms. The molecule has 0 unspecified atom stereocenters. The molecule has 0 fully saturated rings. The Morgan fingerprint density at radius 3 is 2.93 bits per heavy atom. The van der Waals surface area contributed by atoms with E-state index in [2.05, 4.69) is 26.2 Å². The third kappa shape index (κ3) is 3.52. The molecule has 1 aromatic rings. The van der Waals surface area contributed by atoms with Crippen molar-refractivity contribution in [3.8, 4) is 0 Å². The van der Waals surface area contributed by atoms with Gasteiger partial charge in [-0.05, 0) is 28.9 Å². The van der Waals surface area contributed by atoms with Crippen molar-refractivity contribution in [3.05, 3.63) is 21.4 Å². The molecule has 4 nitrogen and oxygen atoms in total. The van der Waals surface area contributed by atoms with Crippen LogP contribution in [0.5, 0.6) is 0 Å². The minimum absolute atomic E-state index is 0.0386. The van der Waals surface area contributed by atoms with Gasteiger partial charge < -0.3 is 15.0 Å². The quantitative estimate of drug-likeness (QED) is 0.894. The van der Waals surface area contributed by atoms with Crippen LogP contribution in [0.2, 0.25) is 5.02 Å². The lowest BCUT2D eigenvalue weighted by molar-refractivity contribution is 0.0901. The summed E-state index contributed by atoms with van der Waals surface area (Å²) in [6.07, 6.45) is 0. The number of carbonyl (C=O) groups excluding carboxylic acids is 1. The van der Waals surface area contributed by atoms with Gasteiger partial charge in [0.1, 0.15) is 10.3 Å². The molecule has 0 saturated carbocycles. The summed E-state index contributed by atoms with van der Waals surface area (Å²) in [5.74, 6) is -0.202. The Kier molecular flexibility index (Phi) is 4.63.